The molecule has 3 atom stereocenters. The van der Waals surface area contributed by atoms with Gasteiger partial charge in [0.05, 0.1) is 6.10 Å². The number of allylic oxidation sites excluding steroid dienone is 1. The van der Waals surface area contributed by atoms with Crippen LogP contribution in [-0.4, -0.2) is 28.3 Å². The smallest absolute Gasteiger partial charge is 0.320 e. The number of carbonyl (C=O) groups is 1. The van der Waals surface area contributed by atoms with Crippen LogP contribution in [0.5, 0.6) is 0 Å². The minimum absolute atomic E-state index is 0.203. The van der Waals surface area contributed by atoms with Gasteiger partial charge >= 0.3 is 5.97 Å². The number of carboxylic acid groups (broad SMARTS) is 1. The monoisotopic (exact) mass is 185 g/mol. The molecule has 2 unspecified atom stereocenters. The topological polar surface area (TPSA) is 83.5 Å². The van der Waals surface area contributed by atoms with Crippen LogP contribution in [0.2, 0.25) is 0 Å². The molecule has 4 nitrogen and oxygen atoms in total. The van der Waals surface area contributed by atoms with Gasteiger partial charge in [0.15, 0.2) is 0 Å². The second kappa shape index (κ2) is 4.39. The zero-order chi connectivity index (χ0) is 9.84. The number of hydrogen-bond acceptors (Lipinski definition) is 3. The highest BCUT2D eigenvalue weighted by Gasteiger charge is 2.19. The second-order valence-electron chi connectivity index (χ2n) is 3.47. The largest absolute Gasteiger partial charge is 0.480 e. The van der Waals surface area contributed by atoms with Gasteiger partial charge in [0.1, 0.15) is 6.04 Å². The lowest BCUT2D eigenvalue weighted by Crippen LogP contribution is -2.32. The summed E-state index contributed by atoms with van der Waals surface area (Å²) < 4.78 is 0. The van der Waals surface area contributed by atoms with E-state index in [1.165, 1.54) is 0 Å². The molecule has 0 aliphatic heterocycles. The third kappa shape index (κ3) is 3.16. The molecule has 0 fully saturated rings. The van der Waals surface area contributed by atoms with Crippen molar-refractivity contribution in [2.45, 2.75) is 31.4 Å². The van der Waals surface area contributed by atoms with Crippen LogP contribution in [0.3, 0.4) is 0 Å². The Morgan fingerprint density at radius 3 is 2.69 bits per heavy atom. The highest BCUT2D eigenvalue weighted by atomic mass is 16.4. The lowest BCUT2D eigenvalue weighted by atomic mass is 9.89. The second-order valence-corrected chi connectivity index (χ2v) is 3.47. The summed E-state index contributed by atoms with van der Waals surface area (Å²) in [4.78, 5) is 10.4. The van der Waals surface area contributed by atoms with Gasteiger partial charge in [-0.2, -0.15) is 0 Å². The lowest BCUT2D eigenvalue weighted by Gasteiger charge is -2.20. The molecular weight excluding hydrogens is 170 g/mol. The van der Waals surface area contributed by atoms with Crippen molar-refractivity contribution in [3.8, 4) is 0 Å². The Balaban J connectivity index is 2.38. The molecule has 0 aromatic heterocycles. The minimum atomic E-state index is -0.959. The van der Waals surface area contributed by atoms with E-state index in [1.54, 1.807) is 6.08 Å². The van der Waals surface area contributed by atoms with Crippen LogP contribution in [0.15, 0.2) is 12.2 Å². The first-order valence-electron chi connectivity index (χ1n) is 4.44. The Labute approximate surface area is 77.1 Å². The highest BCUT2D eigenvalue weighted by Crippen LogP contribution is 2.21. The number of aliphatic hydroxyl groups excluding tert-OH is 1. The molecule has 74 valence electrons. The van der Waals surface area contributed by atoms with E-state index in [1.807, 2.05) is 6.08 Å². The molecule has 1 aliphatic rings. The van der Waals surface area contributed by atoms with Crippen molar-refractivity contribution in [1.29, 1.82) is 0 Å². The van der Waals surface area contributed by atoms with Gasteiger partial charge in [-0.25, -0.2) is 0 Å². The molecule has 0 bridgehead atoms. The molecule has 0 aromatic carbocycles. The van der Waals surface area contributed by atoms with Crippen LogP contribution in [-0.2, 0) is 4.79 Å². The Morgan fingerprint density at radius 2 is 2.23 bits per heavy atom. The van der Waals surface area contributed by atoms with E-state index in [0.29, 0.717) is 12.8 Å². The number of carboxylic acids is 1. The number of nitrogens with two attached hydrogens (primary N) is 1. The summed E-state index contributed by atoms with van der Waals surface area (Å²) in [7, 11) is 0. The van der Waals surface area contributed by atoms with Gasteiger partial charge in [0.25, 0.3) is 0 Å². The van der Waals surface area contributed by atoms with E-state index >= 15 is 0 Å². The molecule has 4 heteroatoms. The van der Waals surface area contributed by atoms with Gasteiger partial charge in [0.2, 0.25) is 0 Å². The summed E-state index contributed by atoms with van der Waals surface area (Å²) in [5, 5.41) is 17.7. The summed E-state index contributed by atoms with van der Waals surface area (Å²) in [5.74, 6) is -0.756. The van der Waals surface area contributed by atoms with Crippen LogP contribution in [0, 0.1) is 5.92 Å². The number of hydrogen-bond donors (Lipinski definition) is 3. The summed E-state index contributed by atoms with van der Waals surface area (Å²) in [5.41, 5.74) is 5.39. The normalized spacial score (nSPS) is 30.0. The van der Waals surface area contributed by atoms with Crippen LogP contribution < -0.4 is 5.73 Å². The van der Waals surface area contributed by atoms with Crippen molar-refractivity contribution < 1.29 is 15.0 Å². The van der Waals surface area contributed by atoms with Crippen molar-refractivity contribution in [3.05, 3.63) is 12.2 Å². The van der Waals surface area contributed by atoms with Gasteiger partial charge in [-0.15, -0.1) is 0 Å². The highest BCUT2D eigenvalue weighted by molar-refractivity contribution is 5.73. The number of rotatable bonds is 3. The maximum absolute atomic E-state index is 10.4. The summed E-state index contributed by atoms with van der Waals surface area (Å²) in [6.45, 7) is 0. The van der Waals surface area contributed by atoms with Gasteiger partial charge in [-0.1, -0.05) is 12.2 Å². The molecule has 0 radical (unpaired) electrons. The molecule has 0 heterocycles. The average molecular weight is 185 g/mol. The predicted molar refractivity (Wildman–Crippen MR) is 48.1 cm³/mol. The fraction of sp³-hybridized carbons (Fsp3) is 0.667. The Morgan fingerprint density at radius 1 is 1.54 bits per heavy atom. The lowest BCUT2D eigenvalue weighted by molar-refractivity contribution is -0.138. The molecule has 0 aromatic rings. The van der Waals surface area contributed by atoms with Gasteiger partial charge in [-0.05, 0) is 25.2 Å². The Hall–Kier alpha value is -0.870. The number of aliphatic hydroxyl groups is 1. The molecule has 0 spiro atoms. The average Bonchev–Trinajstić information content (AvgIpc) is 2.08. The summed E-state index contributed by atoms with van der Waals surface area (Å²) in [6.07, 6.45) is 5.18. The third-order valence-corrected chi connectivity index (χ3v) is 2.31. The molecule has 4 N–H and O–H groups in total. The molecule has 1 rings (SSSR count). The van der Waals surface area contributed by atoms with E-state index in [2.05, 4.69) is 0 Å². The van der Waals surface area contributed by atoms with E-state index in [9.17, 15) is 4.79 Å². The SMILES string of the molecule is N[C@@H](CC1C=CC(O)CC1)C(=O)O. The van der Waals surface area contributed by atoms with Crippen LogP contribution in [0.25, 0.3) is 0 Å². The zero-order valence-corrected chi connectivity index (χ0v) is 7.39. The van der Waals surface area contributed by atoms with Crippen LogP contribution in [0.1, 0.15) is 19.3 Å². The first-order chi connectivity index (χ1) is 6.09. The van der Waals surface area contributed by atoms with Crippen molar-refractivity contribution in [3.63, 3.8) is 0 Å². The summed E-state index contributed by atoms with van der Waals surface area (Å²) in [6, 6.07) is -0.787. The maximum atomic E-state index is 10.4. The molecule has 1 aliphatic carbocycles. The maximum Gasteiger partial charge on any atom is 0.320 e. The van der Waals surface area contributed by atoms with Crippen molar-refractivity contribution in [2.24, 2.45) is 11.7 Å². The van der Waals surface area contributed by atoms with Gasteiger partial charge in [-0.3, -0.25) is 4.79 Å². The standard InChI is InChI=1S/C9H15NO3/c10-8(9(12)13)5-6-1-3-7(11)4-2-6/h1,3,6-8,11H,2,4-5,10H2,(H,12,13)/t6?,7?,8-/m0/s1. The van der Waals surface area contributed by atoms with Crippen molar-refractivity contribution in [1.82, 2.24) is 0 Å². The molecule has 0 saturated heterocycles. The Bertz CT molecular complexity index is 215. The molecule has 13 heavy (non-hydrogen) atoms. The van der Waals surface area contributed by atoms with Crippen molar-refractivity contribution in [2.75, 3.05) is 0 Å². The van der Waals surface area contributed by atoms with Crippen LogP contribution in [0.4, 0.5) is 0 Å². The summed E-state index contributed by atoms with van der Waals surface area (Å²) >= 11 is 0. The first-order valence-corrected chi connectivity index (χ1v) is 4.44. The fourth-order valence-electron chi connectivity index (χ4n) is 1.49. The van der Waals surface area contributed by atoms with Crippen molar-refractivity contribution >= 4 is 5.97 Å². The first kappa shape index (κ1) is 10.2. The quantitative estimate of drug-likeness (QED) is 0.545. The molecule has 0 amide bonds. The number of aliphatic carboxylic acids is 1. The van der Waals surface area contributed by atoms with Crippen LogP contribution >= 0.6 is 0 Å². The van der Waals surface area contributed by atoms with E-state index in [4.69, 9.17) is 15.9 Å². The van der Waals surface area contributed by atoms with Gasteiger partial charge in [0, 0.05) is 0 Å². The fourth-order valence-corrected chi connectivity index (χ4v) is 1.49. The third-order valence-electron chi connectivity index (χ3n) is 2.31. The zero-order valence-electron chi connectivity index (χ0n) is 7.39. The predicted octanol–water partition coefficient (Wildman–Crippen LogP) is 0.115. The van der Waals surface area contributed by atoms with E-state index in [-0.39, 0.29) is 12.0 Å². The van der Waals surface area contributed by atoms with E-state index < -0.39 is 12.0 Å². The van der Waals surface area contributed by atoms with Gasteiger partial charge < -0.3 is 15.9 Å². The minimum Gasteiger partial charge on any atom is -0.480 e. The molecular formula is C9H15NO3. The Kier molecular flexibility index (Phi) is 3.45. The molecule has 0 saturated carbocycles. The van der Waals surface area contributed by atoms with E-state index in [0.717, 1.165) is 6.42 Å².